The van der Waals surface area contributed by atoms with Gasteiger partial charge in [-0.25, -0.2) is 0 Å². The fourth-order valence-corrected chi connectivity index (χ4v) is 5.07. The van der Waals surface area contributed by atoms with Gasteiger partial charge < -0.3 is 9.84 Å². The molecule has 33 heavy (non-hydrogen) atoms. The highest BCUT2D eigenvalue weighted by Crippen LogP contribution is 2.17. The number of aliphatic hydroxyl groups is 1. The maximum atomic E-state index is 11.9. The van der Waals surface area contributed by atoms with Crippen LogP contribution in [0.15, 0.2) is 18.2 Å². The summed E-state index contributed by atoms with van der Waals surface area (Å²) in [6, 6.07) is 6.50. The van der Waals surface area contributed by atoms with Crippen LogP contribution in [0.5, 0.6) is 0 Å². The summed E-state index contributed by atoms with van der Waals surface area (Å²) < 4.78 is 5.32. The topological polar surface area (TPSA) is 46.5 Å². The molecule has 1 unspecified atom stereocenters. The molecule has 0 saturated carbocycles. The lowest BCUT2D eigenvalue weighted by molar-refractivity contribution is -0.140. The Balaban J connectivity index is 1.88. The van der Waals surface area contributed by atoms with E-state index in [2.05, 4.69) is 39.0 Å². The quantitative estimate of drug-likeness (QED) is 0.142. The Morgan fingerprint density at radius 3 is 1.91 bits per heavy atom. The van der Waals surface area contributed by atoms with Gasteiger partial charge in [0.15, 0.2) is 0 Å². The number of benzene rings is 1. The molecule has 3 nitrogen and oxygen atoms in total. The largest absolute Gasteiger partial charge is 0.465 e. The van der Waals surface area contributed by atoms with Gasteiger partial charge in [-0.2, -0.15) is 0 Å². The molecular formula is C29H50O3S. The highest BCUT2D eigenvalue weighted by atomic mass is 32.2. The number of unbranched alkanes of at least 4 members (excludes halogenated alkanes) is 11. The Kier molecular flexibility index (Phi) is 18.5. The first-order valence-electron chi connectivity index (χ1n) is 13.5. The molecule has 0 bridgehead atoms. The number of aryl methyl sites for hydroxylation is 2. The smallest absolute Gasteiger partial charge is 0.315 e. The molecule has 190 valence electrons. The number of rotatable bonds is 21. The highest BCUT2D eigenvalue weighted by molar-refractivity contribution is 7.99. The van der Waals surface area contributed by atoms with Gasteiger partial charge in [0.05, 0.1) is 18.5 Å². The lowest BCUT2D eigenvalue weighted by Crippen LogP contribution is -2.12. The zero-order valence-electron chi connectivity index (χ0n) is 21.7. The fourth-order valence-electron chi connectivity index (χ4n) is 4.32. The van der Waals surface area contributed by atoms with Crippen LogP contribution in [0.2, 0.25) is 0 Å². The van der Waals surface area contributed by atoms with Gasteiger partial charge >= 0.3 is 5.97 Å². The number of carbonyl (C=O) groups is 1. The molecule has 0 saturated heterocycles. The molecule has 0 radical (unpaired) electrons. The monoisotopic (exact) mass is 478 g/mol. The average molecular weight is 479 g/mol. The summed E-state index contributed by atoms with van der Waals surface area (Å²) in [7, 11) is 0. The van der Waals surface area contributed by atoms with Crippen molar-refractivity contribution in [1.82, 2.24) is 0 Å². The molecule has 1 N–H and O–H groups in total. The molecule has 0 fully saturated rings. The Morgan fingerprint density at radius 1 is 0.818 bits per heavy atom. The van der Waals surface area contributed by atoms with E-state index in [1.165, 1.54) is 87.3 Å². The second-order valence-electron chi connectivity index (χ2n) is 9.68. The third-order valence-electron chi connectivity index (χ3n) is 6.11. The van der Waals surface area contributed by atoms with Gasteiger partial charge in [-0.3, -0.25) is 4.79 Å². The fraction of sp³-hybridized carbons (Fsp3) is 0.759. The minimum atomic E-state index is -0.259. The van der Waals surface area contributed by atoms with E-state index < -0.39 is 0 Å². The summed E-state index contributed by atoms with van der Waals surface area (Å²) in [5.74, 6) is 1.06. The van der Waals surface area contributed by atoms with Crippen molar-refractivity contribution in [2.24, 2.45) is 0 Å². The van der Waals surface area contributed by atoms with Crippen LogP contribution in [0.4, 0.5) is 0 Å². The zero-order chi connectivity index (χ0) is 24.2. The zero-order valence-corrected chi connectivity index (χ0v) is 22.5. The van der Waals surface area contributed by atoms with Crippen LogP contribution in [-0.2, 0) is 15.3 Å². The molecule has 0 aliphatic carbocycles. The van der Waals surface area contributed by atoms with Gasteiger partial charge in [0.25, 0.3) is 0 Å². The van der Waals surface area contributed by atoms with E-state index in [4.69, 9.17) is 4.74 Å². The molecule has 0 heterocycles. The molecule has 0 aliphatic heterocycles. The number of thioether (sulfide) groups is 1. The molecule has 1 atom stereocenters. The Labute approximate surface area is 208 Å². The predicted octanol–water partition coefficient (Wildman–Crippen LogP) is 8.31. The van der Waals surface area contributed by atoms with E-state index in [1.54, 1.807) is 11.8 Å². The van der Waals surface area contributed by atoms with E-state index in [0.717, 1.165) is 31.4 Å². The van der Waals surface area contributed by atoms with Crippen molar-refractivity contribution < 1.29 is 14.6 Å². The molecule has 0 spiro atoms. The second kappa shape index (κ2) is 20.4. The van der Waals surface area contributed by atoms with E-state index in [1.807, 2.05) is 0 Å². The molecule has 1 aromatic rings. The summed E-state index contributed by atoms with van der Waals surface area (Å²) in [4.78, 5) is 11.9. The maximum absolute atomic E-state index is 11.9. The van der Waals surface area contributed by atoms with Crippen molar-refractivity contribution in [3.05, 3.63) is 34.9 Å². The van der Waals surface area contributed by atoms with Crippen LogP contribution in [-0.4, -0.2) is 29.5 Å². The second-order valence-corrected chi connectivity index (χ2v) is 10.7. The summed E-state index contributed by atoms with van der Waals surface area (Å²) in [5.41, 5.74) is 3.77. The highest BCUT2D eigenvalue weighted by Gasteiger charge is 2.07. The van der Waals surface area contributed by atoms with Gasteiger partial charge in [-0.1, -0.05) is 113 Å². The number of hydrogen-bond acceptors (Lipinski definition) is 4. The van der Waals surface area contributed by atoms with Gasteiger partial charge in [-0.05, 0) is 38.7 Å². The van der Waals surface area contributed by atoms with Gasteiger partial charge in [0, 0.05) is 5.75 Å². The van der Waals surface area contributed by atoms with Crippen molar-refractivity contribution >= 4 is 17.7 Å². The predicted molar refractivity (Wildman–Crippen MR) is 144 cm³/mol. The number of ether oxygens (including phenoxy) is 1. The first-order valence-corrected chi connectivity index (χ1v) is 14.6. The number of hydrogen-bond donors (Lipinski definition) is 1. The van der Waals surface area contributed by atoms with Crippen molar-refractivity contribution in [1.29, 1.82) is 0 Å². The lowest BCUT2D eigenvalue weighted by atomic mass is 10.0. The minimum Gasteiger partial charge on any atom is -0.465 e. The lowest BCUT2D eigenvalue weighted by Gasteiger charge is -2.11. The van der Waals surface area contributed by atoms with E-state index >= 15 is 0 Å². The van der Waals surface area contributed by atoms with Gasteiger partial charge in [0.1, 0.15) is 0 Å². The molecule has 0 aromatic heterocycles. The standard InChI is InChI=1S/C29H50O3S/c1-4-5-6-7-8-9-10-11-12-13-14-15-17-28(30)18-16-19-32-29(31)24-33-23-27-21-25(2)20-26(3)22-27/h20-22,28,30H,4-19,23-24H2,1-3H3. The normalized spacial score (nSPS) is 12.1. The van der Waals surface area contributed by atoms with Crippen LogP contribution in [0, 0.1) is 13.8 Å². The van der Waals surface area contributed by atoms with E-state index in [9.17, 15) is 9.90 Å². The Bertz CT molecular complexity index is 597. The van der Waals surface area contributed by atoms with Gasteiger partial charge in [0.2, 0.25) is 0 Å². The Morgan fingerprint density at radius 2 is 1.33 bits per heavy atom. The summed E-state index contributed by atoms with van der Waals surface area (Å²) in [5, 5.41) is 10.1. The average Bonchev–Trinajstić information content (AvgIpc) is 2.77. The van der Waals surface area contributed by atoms with Crippen molar-refractivity contribution in [3.8, 4) is 0 Å². The third kappa shape index (κ3) is 18.1. The van der Waals surface area contributed by atoms with Gasteiger partial charge in [-0.15, -0.1) is 11.8 Å². The van der Waals surface area contributed by atoms with Crippen LogP contribution >= 0.6 is 11.8 Å². The van der Waals surface area contributed by atoms with Crippen molar-refractivity contribution in [3.63, 3.8) is 0 Å². The van der Waals surface area contributed by atoms with Crippen molar-refractivity contribution in [2.45, 2.75) is 129 Å². The molecule has 1 aromatic carbocycles. The SMILES string of the molecule is CCCCCCCCCCCCCCC(O)CCCOC(=O)CSCc1cc(C)cc(C)c1. The van der Waals surface area contributed by atoms with Crippen LogP contribution in [0.1, 0.15) is 120 Å². The number of carbonyl (C=O) groups excluding carboxylic acids is 1. The maximum Gasteiger partial charge on any atom is 0.315 e. The summed E-state index contributed by atoms with van der Waals surface area (Å²) in [6.07, 6.45) is 18.1. The third-order valence-corrected chi connectivity index (χ3v) is 7.08. The van der Waals surface area contributed by atoms with Crippen LogP contribution < -0.4 is 0 Å². The number of esters is 1. The van der Waals surface area contributed by atoms with Crippen LogP contribution in [0.3, 0.4) is 0 Å². The van der Waals surface area contributed by atoms with E-state index in [0.29, 0.717) is 12.4 Å². The molecule has 0 aliphatic rings. The molecule has 0 amide bonds. The molecular weight excluding hydrogens is 428 g/mol. The summed E-state index contributed by atoms with van der Waals surface area (Å²) in [6.45, 7) is 6.88. The Hall–Kier alpha value is -1.00. The molecule has 1 rings (SSSR count). The van der Waals surface area contributed by atoms with Crippen LogP contribution in [0.25, 0.3) is 0 Å². The number of aliphatic hydroxyl groups excluding tert-OH is 1. The summed E-state index contributed by atoms with van der Waals surface area (Å²) >= 11 is 1.60. The molecule has 4 heteroatoms. The first-order chi connectivity index (χ1) is 16.0. The minimum absolute atomic E-state index is 0.153. The van der Waals surface area contributed by atoms with Crippen molar-refractivity contribution in [2.75, 3.05) is 12.4 Å². The first kappa shape index (κ1) is 30.0. The van der Waals surface area contributed by atoms with E-state index in [-0.39, 0.29) is 12.1 Å².